The van der Waals surface area contributed by atoms with Crippen LogP contribution in [0.5, 0.6) is 5.75 Å². The second-order valence-corrected chi connectivity index (χ2v) is 6.50. The molecule has 3 aromatic carbocycles. The molecule has 0 bridgehead atoms. The van der Waals surface area contributed by atoms with Crippen LogP contribution in [-0.4, -0.2) is 18.0 Å². The molecule has 0 aliphatic heterocycles. The van der Waals surface area contributed by atoms with E-state index in [-0.39, 0.29) is 0 Å². The van der Waals surface area contributed by atoms with Crippen LogP contribution in [0.15, 0.2) is 77.9 Å². The lowest BCUT2D eigenvalue weighted by atomic mass is 10.2. The van der Waals surface area contributed by atoms with Crippen molar-refractivity contribution in [3.8, 4) is 5.75 Å². The average molecular weight is 405 g/mol. The van der Waals surface area contributed by atoms with Crippen molar-refractivity contribution in [2.24, 2.45) is 5.10 Å². The molecule has 3 rings (SSSR count). The molecule has 6 nitrogen and oxygen atoms in total. The van der Waals surface area contributed by atoms with Gasteiger partial charge < -0.3 is 10.1 Å². The minimum absolute atomic E-state index is 0.307. The minimum atomic E-state index is -0.936. The molecule has 0 saturated carbocycles. The Morgan fingerprint density at radius 2 is 1.60 bits per heavy atom. The quantitative estimate of drug-likeness (QED) is 0.372. The van der Waals surface area contributed by atoms with E-state index in [4.69, 9.17) is 4.74 Å². The van der Waals surface area contributed by atoms with Gasteiger partial charge in [0.25, 0.3) is 0 Å². The lowest BCUT2D eigenvalue weighted by Crippen LogP contribution is -2.32. The van der Waals surface area contributed by atoms with E-state index in [0.717, 1.165) is 11.1 Å². The molecule has 30 heavy (non-hydrogen) atoms. The zero-order chi connectivity index (χ0) is 21.3. The van der Waals surface area contributed by atoms with Crippen molar-refractivity contribution in [3.63, 3.8) is 0 Å². The molecule has 2 amide bonds. The number of rotatable bonds is 6. The molecule has 7 heteroatoms. The van der Waals surface area contributed by atoms with E-state index in [0.29, 0.717) is 18.0 Å². The van der Waals surface area contributed by atoms with E-state index in [1.807, 2.05) is 31.2 Å². The van der Waals surface area contributed by atoms with Crippen molar-refractivity contribution in [2.75, 3.05) is 5.32 Å². The Kier molecular flexibility index (Phi) is 6.89. The molecule has 0 saturated heterocycles. The molecular weight excluding hydrogens is 385 g/mol. The number of anilines is 1. The topological polar surface area (TPSA) is 79.8 Å². The van der Waals surface area contributed by atoms with E-state index in [9.17, 15) is 14.0 Å². The van der Waals surface area contributed by atoms with E-state index in [2.05, 4.69) is 15.8 Å². The number of carbonyl (C=O) groups is 2. The van der Waals surface area contributed by atoms with Gasteiger partial charge in [-0.1, -0.05) is 29.8 Å². The van der Waals surface area contributed by atoms with Gasteiger partial charge >= 0.3 is 11.8 Å². The van der Waals surface area contributed by atoms with E-state index in [1.54, 1.807) is 24.3 Å². The van der Waals surface area contributed by atoms with Crippen LogP contribution in [0.25, 0.3) is 0 Å². The van der Waals surface area contributed by atoms with Crippen LogP contribution in [0.4, 0.5) is 10.1 Å². The third-order valence-corrected chi connectivity index (χ3v) is 4.09. The van der Waals surface area contributed by atoms with Gasteiger partial charge in [-0.2, -0.15) is 5.10 Å². The maximum Gasteiger partial charge on any atom is 0.329 e. The molecule has 0 aliphatic carbocycles. The Morgan fingerprint density at radius 1 is 0.933 bits per heavy atom. The van der Waals surface area contributed by atoms with Gasteiger partial charge in [0.1, 0.15) is 18.2 Å². The molecule has 152 valence electrons. The summed E-state index contributed by atoms with van der Waals surface area (Å²) in [4.78, 5) is 23.6. The summed E-state index contributed by atoms with van der Waals surface area (Å²) in [6, 6.07) is 20.3. The summed E-state index contributed by atoms with van der Waals surface area (Å²) in [7, 11) is 0. The summed E-state index contributed by atoms with van der Waals surface area (Å²) < 4.78 is 18.6. The van der Waals surface area contributed by atoms with Crippen molar-refractivity contribution >= 4 is 23.7 Å². The predicted octanol–water partition coefficient (Wildman–Crippen LogP) is 3.80. The minimum Gasteiger partial charge on any atom is -0.489 e. The Balaban J connectivity index is 1.46. The van der Waals surface area contributed by atoms with Crippen LogP contribution >= 0.6 is 0 Å². The largest absolute Gasteiger partial charge is 0.489 e. The highest BCUT2D eigenvalue weighted by Crippen LogP contribution is 2.14. The normalized spacial score (nSPS) is 10.6. The van der Waals surface area contributed by atoms with Gasteiger partial charge in [0.2, 0.25) is 0 Å². The molecule has 0 fully saturated rings. The van der Waals surface area contributed by atoms with Crippen LogP contribution in [0.1, 0.15) is 16.7 Å². The molecule has 0 aliphatic rings. The predicted molar refractivity (Wildman–Crippen MR) is 113 cm³/mol. The first kappa shape index (κ1) is 20.7. The number of benzene rings is 3. The van der Waals surface area contributed by atoms with E-state index >= 15 is 0 Å². The van der Waals surface area contributed by atoms with Crippen LogP contribution in [0.3, 0.4) is 0 Å². The third kappa shape index (κ3) is 6.27. The molecule has 0 spiro atoms. The Hall–Kier alpha value is -4.00. The van der Waals surface area contributed by atoms with Gasteiger partial charge in [-0.15, -0.1) is 0 Å². The van der Waals surface area contributed by atoms with Crippen LogP contribution in [0.2, 0.25) is 0 Å². The number of hydrogen-bond acceptors (Lipinski definition) is 4. The number of amides is 2. The number of ether oxygens (including phenoxy) is 1. The van der Waals surface area contributed by atoms with Crippen molar-refractivity contribution in [1.29, 1.82) is 0 Å². The number of nitrogens with one attached hydrogen (secondary N) is 2. The number of aryl methyl sites for hydroxylation is 1. The van der Waals surface area contributed by atoms with Gasteiger partial charge in [-0.05, 0) is 66.6 Å². The van der Waals surface area contributed by atoms with Crippen LogP contribution < -0.4 is 15.5 Å². The summed E-state index contributed by atoms with van der Waals surface area (Å²) in [6.45, 7) is 2.50. The maximum atomic E-state index is 12.9. The molecule has 0 heterocycles. The second kappa shape index (κ2) is 9.97. The van der Waals surface area contributed by atoms with Gasteiger partial charge in [-0.25, -0.2) is 9.82 Å². The summed E-state index contributed by atoms with van der Waals surface area (Å²) in [5.41, 5.74) is 5.44. The van der Waals surface area contributed by atoms with Crippen molar-refractivity contribution in [2.45, 2.75) is 13.5 Å². The SMILES string of the molecule is Cc1ccc(COc2ccc(C=NNC(=O)C(=O)Nc3ccc(F)cc3)cc2)cc1. The fourth-order valence-electron chi connectivity index (χ4n) is 2.44. The highest BCUT2D eigenvalue weighted by atomic mass is 19.1. The summed E-state index contributed by atoms with van der Waals surface area (Å²) in [5, 5.41) is 6.11. The van der Waals surface area contributed by atoms with Gasteiger partial charge in [0, 0.05) is 5.69 Å². The molecule has 0 atom stereocenters. The van der Waals surface area contributed by atoms with Crippen LogP contribution in [0, 0.1) is 12.7 Å². The molecule has 0 unspecified atom stereocenters. The van der Waals surface area contributed by atoms with Crippen molar-refractivity contribution in [3.05, 3.63) is 95.3 Å². The lowest BCUT2D eigenvalue weighted by Gasteiger charge is -2.07. The Labute approximate surface area is 173 Å². The smallest absolute Gasteiger partial charge is 0.329 e. The summed E-state index contributed by atoms with van der Waals surface area (Å²) in [5.74, 6) is -1.57. The first-order chi connectivity index (χ1) is 14.5. The second-order valence-electron chi connectivity index (χ2n) is 6.50. The fourth-order valence-corrected chi connectivity index (χ4v) is 2.44. The fraction of sp³-hybridized carbons (Fsp3) is 0.0870. The Morgan fingerprint density at radius 3 is 2.27 bits per heavy atom. The first-order valence-electron chi connectivity index (χ1n) is 9.18. The zero-order valence-electron chi connectivity index (χ0n) is 16.3. The summed E-state index contributed by atoms with van der Waals surface area (Å²) >= 11 is 0. The molecule has 0 radical (unpaired) electrons. The molecule has 0 aromatic heterocycles. The number of halogens is 1. The number of hydrazone groups is 1. The molecular formula is C23H20FN3O3. The number of hydrogen-bond donors (Lipinski definition) is 2. The van der Waals surface area contributed by atoms with Gasteiger partial charge in [-0.3, -0.25) is 9.59 Å². The van der Waals surface area contributed by atoms with Gasteiger partial charge in [0.15, 0.2) is 0 Å². The standard InChI is InChI=1S/C23H20FN3O3/c1-16-2-4-18(5-3-16)15-30-21-12-6-17(7-13-21)14-25-27-23(29)22(28)26-20-10-8-19(24)9-11-20/h2-14H,15H2,1H3,(H,26,28)(H,27,29). The maximum absolute atomic E-state index is 12.9. The highest BCUT2D eigenvalue weighted by Gasteiger charge is 2.12. The lowest BCUT2D eigenvalue weighted by molar-refractivity contribution is -0.136. The van der Waals surface area contributed by atoms with Crippen LogP contribution in [-0.2, 0) is 16.2 Å². The molecule has 2 N–H and O–H groups in total. The number of carbonyl (C=O) groups excluding carboxylic acids is 2. The highest BCUT2D eigenvalue weighted by molar-refractivity contribution is 6.39. The van der Waals surface area contributed by atoms with E-state index in [1.165, 1.54) is 36.0 Å². The average Bonchev–Trinajstić information content (AvgIpc) is 2.76. The third-order valence-electron chi connectivity index (χ3n) is 4.09. The van der Waals surface area contributed by atoms with Gasteiger partial charge in [0.05, 0.1) is 6.21 Å². The summed E-state index contributed by atoms with van der Waals surface area (Å²) in [6.07, 6.45) is 1.41. The van der Waals surface area contributed by atoms with Crippen molar-refractivity contribution in [1.82, 2.24) is 5.43 Å². The molecule has 3 aromatic rings. The Bertz CT molecular complexity index is 1030. The van der Waals surface area contributed by atoms with Crippen molar-refractivity contribution < 1.29 is 18.7 Å². The zero-order valence-corrected chi connectivity index (χ0v) is 16.3. The first-order valence-corrected chi connectivity index (χ1v) is 9.18. The number of nitrogens with zero attached hydrogens (tertiary/aromatic N) is 1. The monoisotopic (exact) mass is 405 g/mol. The van der Waals surface area contributed by atoms with E-state index < -0.39 is 17.6 Å².